The molecule has 1 amide bonds. The van der Waals surface area contributed by atoms with Crippen LogP contribution in [-0.2, 0) is 21.1 Å². The standard InChI is InChI=1S/C16H21NO3S/c18-16(12-5-2-1-3-6-12)17-14-8-9-15-13(11-14)7-4-10-21(15,19)20/h8-9,11-12H,1-7,10H2,(H,17,18). The number of amides is 1. The van der Waals surface area contributed by atoms with E-state index in [4.69, 9.17) is 0 Å². The van der Waals surface area contributed by atoms with E-state index in [1.807, 2.05) is 6.07 Å². The number of carbonyl (C=O) groups excluding carboxylic acids is 1. The average Bonchev–Trinajstić information content (AvgIpc) is 2.47. The number of sulfone groups is 1. The summed E-state index contributed by atoms with van der Waals surface area (Å²) in [6.07, 6.45) is 6.83. The zero-order chi connectivity index (χ0) is 14.9. The van der Waals surface area contributed by atoms with Gasteiger partial charge < -0.3 is 5.32 Å². The molecule has 1 aromatic rings. The molecule has 5 heteroatoms. The maximum absolute atomic E-state index is 12.2. The van der Waals surface area contributed by atoms with E-state index in [2.05, 4.69) is 5.32 Å². The fraction of sp³-hybridized carbons (Fsp3) is 0.562. The van der Waals surface area contributed by atoms with E-state index in [1.165, 1.54) is 6.42 Å². The van der Waals surface area contributed by atoms with Gasteiger partial charge >= 0.3 is 0 Å². The highest BCUT2D eigenvalue weighted by Crippen LogP contribution is 2.29. The van der Waals surface area contributed by atoms with Crippen molar-refractivity contribution >= 4 is 21.4 Å². The first-order chi connectivity index (χ1) is 10.1. The number of anilines is 1. The molecule has 4 nitrogen and oxygen atoms in total. The molecule has 1 aliphatic carbocycles. The van der Waals surface area contributed by atoms with Crippen molar-refractivity contribution < 1.29 is 13.2 Å². The van der Waals surface area contributed by atoms with Crippen molar-refractivity contribution in [1.29, 1.82) is 0 Å². The van der Waals surface area contributed by atoms with Crippen LogP contribution in [0.1, 0.15) is 44.1 Å². The summed E-state index contributed by atoms with van der Waals surface area (Å²) in [6, 6.07) is 5.18. The average molecular weight is 307 g/mol. The van der Waals surface area contributed by atoms with Gasteiger partial charge in [0.15, 0.2) is 9.84 Å². The number of hydrogen-bond acceptors (Lipinski definition) is 3. The minimum atomic E-state index is -3.12. The Morgan fingerprint density at radius 1 is 1.10 bits per heavy atom. The lowest BCUT2D eigenvalue weighted by Crippen LogP contribution is -2.25. The molecule has 0 aromatic heterocycles. The lowest BCUT2D eigenvalue weighted by atomic mass is 9.88. The number of benzene rings is 1. The third-order valence-electron chi connectivity index (χ3n) is 4.50. The van der Waals surface area contributed by atoms with Gasteiger partial charge in [0.2, 0.25) is 5.91 Å². The second-order valence-corrected chi connectivity index (χ2v) is 8.15. The summed E-state index contributed by atoms with van der Waals surface area (Å²) in [5.74, 6) is 0.417. The van der Waals surface area contributed by atoms with E-state index in [9.17, 15) is 13.2 Å². The van der Waals surface area contributed by atoms with E-state index in [-0.39, 0.29) is 17.6 Å². The van der Waals surface area contributed by atoms with E-state index in [0.717, 1.165) is 43.4 Å². The van der Waals surface area contributed by atoms with Gasteiger partial charge in [-0.1, -0.05) is 19.3 Å². The number of aryl methyl sites for hydroxylation is 1. The van der Waals surface area contributed by atoms with Crippen LogP contribution < -0.4 is 5.32 Å². The second-order valence-electron chi connectivity index (χ2n) is 6.07. The molecule has 3 rings (SSSR count). The fourth-order valence-corrected chi connectivity index (χ4v) is 4.91. The molecule has 0 unspecified atom stereocenters. The summed E-state index contributed by atoms with van der Waals surface area (Å²) >= 11 is 0. The van der Waals surface area contributed by atoms with Crippen LogP contribution >= 0.6 is 0 Å². The molecule has 0 bridgehead atoms. The van der Waals surface area contributed by atoms with Crippen LogP contribution in [0.3, 0.4) is 0 Å². The van der Waals surface area contributed by atoms with E-state index < -0.39 is 9.84 Å². The van der Waals surface area contributed by atoms with Crippen LogP contribution in [0.2, 0.25) is 0 Å². The Morgan fingerprint density at radius 2 is 1.86 bits per heavy atom. The highest BCUT2D eigenvalue weighted by Gasteiger charge is 2.25. The molecule has 114 valence electrons. The van der Waals surface area contributed by atoms with Crippen LogP contribution in [0.15, 0.2) is 23.1 Å². The number of fused-ring (bicyclic) bond motifs is 1. The lowest BCUT2D eigenvalue weighted by Gasteiger charge is -2.22. The predicted molar refractivity (Wildman–Crippen MR) is 82.0 cm³/mol. The van der Waals surface area contributed by atoms with Crippen molar-refractivity contribution in [1.82, 2.24) is 0 Å². The minimum Gasteiger partial charge on any atom is -0.326 e. The molecule has 1 aliphatic heterocycles. The van der Waals surface area contributed by atoms with Crippen molar-refractivity contribution in [3.63, 3.8) is 0 Å². The molecule has 0 saturated heterocycles. The van der Waals surface area contributed by atoms with Crippen LogP contribution in [0.4, 0.5) is 5.69 Å². The van der Waals surface area contributed by atoms with E-state index >= 15 is 0 Å². The Labute approximate surface area is 125 Å². The van der Waals surface area contributed by atoms with Crippen molar-refractivity contribution in [2.24, 2.45) is 5.92 Å². The minimum absolute atomic E-state index is 0.0771. The fourth-order valence-electron chi connectivity index (χ4n) is 3.33. The van der Waals surface area contributed by atoms with Crippen molar-refractivity contribution in [2.45, 2.75) is 49.8 Å². The molecule has 2 aliphatic rings. The highest BCUT2D eigenvalue weighted by atomic mass is 32.2. The summed E-state index contributed by atoms with van der Waals surface area (Å²) in [7, 11) is -3.12. The smallest absolute Gasteiger partial charge is 0.227 e. The first-order valence-electron chi connectivity index (χ1n) is 7.73. The van der Waals surface area contributed by atoms with Gasteiger partial charge in [0.25, 0.3) is 0 Å². The van der Waals surface area contributed by atoms with Crippen LogP contribution in [-0.4, -0.2) is 20.1 Å². The van der Waals surface area contributed by atoms with E-state index in [0.29, 0.717) is 11.3 Å². The largest absolute Gasteiger partial charge is 0.326 e. The van der Waals surface area contributed by atoms with Gasteiger partial charge in [-0.05, 0) is 49.4 Å². The zero-order valence-electron chi connectivity index (χ0n) is 12.1. The van der Waals surface area contributed by atoms with Gasteiger partial charge in [-0.25, -0.2) is 8.42 Å². The molecule has 0 spiro atoms. The summed E-state index contributed by atoms with van der Waals surface area (Å²) < 4.78 is 23.9. The number of nitrogens with one attached hydrogen (secondary N) is 1. The van der Waals surface area contributed by atoms with Gasteiger partial charge in [0.05, 0.1) is 10.6 Å². The summed E-state index contributed by atoms with van der Waals surface area (Å²) in [5, 5.41) is 2.96. The Kier molecular flexibility index (Phi) is 4.02. The second kappa shape index (κ2) is 5.79. The van der Waals surface area contributed by atoms with Gasteiger partial charge in [-0.15, -0.1) is 0 Å². The van der Waals surface area contributed by atoms with E-state index in [1.54, 1.807) is 12.1 Å². The molecule has 0 radical (unpaired) electrons. The maximum atomic E-state index is 12.2. The lowest BCUT2D eigenvalue weighted by molar-refractivity contribution is -0.120. The number of hydrogen-bond donors (Lipinski definition) is 1. The van der Waals surface area contributed by atoms with Crippen LogP contribution in [0, 0.1) is 5.92 Å². The SMILES string of the molecule is O=C(Nc1ccc2c(c1)CCCS2(=O)=O)C1CCCCC1. The molecule has 1 aromatic carbocycles. The van der Waals surface area contributed by atoms with Gasteiger partial charge in [-0.3, -0.25) is 4.79 Å². The maximum Gasteiger partial charge on any atom is 0.227 e. The van der Waals surface area contributed by atoms with Gasteiger partial charge in [-0.2, -0.15) is 0 Å². The monoisotopic (exact) mass is 307 g/mol. The molecule has 1 heterocycles. The third-order valence-corrected chi connectivity index (χ3v) is 6.39. The Morgan fingerprint density at radius 3 is 2.62 bits per heavy atom. The zero-order valence-corrected chi connectivity index (χ0v) is 12.9. The molecular formula is C16H21NO3S. The molecule has 1 fully saturated rings. The Balaban J connectivity index is 1.76. The normalized spacial score (nSPS) is 21.5. The first kappa shape index (κ1) is 14.6. The molecule has 1 saturated carbocycles. The molecule has 21 heavy (non-hydrogen) atoms. The number of rotatable bonds is 2. The van der Waals surface area contributed by atoms with Gasteiger partial charge in [0, 0.05) is 11.6 Å². The first-order valence-corrected chi connectivity index (χ1v) is 9.38. The van der Waals surface area contributed by atoms with Crippen molar-refractivity contribution in [3.05, 3.63) is 23.8 Å². The summed E-state index contributed by atoms with van der Waals surface area (Å²) in [6.45, 7) is 0. The number of carbonyl (C=O) groups is 1. The third kappa shape index (κ3) is 3.12. The predicted octanol–water partition coefficient (Wildman–Crippen LogP) is 2.93. The highest BCUT2D eigenvalue weighted by molar-refractivity contribution is 7.91. The molecule has 0 atom stereocenters. The molecular weight excluding hydrogens is 286 g/mol. The summed E-state index contributed by atoms with van der Waals surface area (Å²) in [4.78, 5) is 12.7. The van der Waals surface area contributed by atoms with Crippen molar-refractivity contribution in [3.8, 4) is 0 Å². The Bertz CT molecular complexity index is 645. The van der Waals surface area contributed by atoms with Crippen molar-refractivity contribution in [2.75, 3.05) is 11.1 Å². The van der Waals surface area contributed by atoms with Crippen LogP contribution in [0.5, 0.6) is 0 Å². The topological polar surface area (TPSA) is 63.2 Å². The quantitative estimate of drug-likeness (QED) is 0.913. The van der Waals surface area contributed by atoms with Crippen LogP contribution in [0.25, 0.3) is 0 Å². The van der Waals surface area contributed by atoms with Gasteiger partial charge in [0.1, 0.15) is 0 Å². The summed E-state index contributed by atoms with van der Waals surface area (Å²) in [5.41, 5.74) is 1.56. The Hall–Kier alpha value is -1.36. The molecule has 1 N–H and O–H groups in total.